The van der Waals surface area contributed by atoms with Gasteiger partial charge >= 0.3 is 0 Å². The predicted octanol–water partition coefficient (Wildman–Crippen LogP) is 3.46. The van der Waals surface area contributed by atoms with E-state index in [9.17, 15) is 4.79 Å². The monoisotopic (exact) mass is 310 g/mol. The van der Waals surface area contributed by atoms with Crippen molar-refractivity contribution in [3.63, 3.8) is 0 Å². The average Bonchev–Trinajstić information content (AvgIpc) is 2.54. The van der Waals surface area contributed by atoms with Gasteiger partial charge in [0.25, 0.3) is 5.91 Å². The van der Waals surface area contributed by atoms with Crippen LogP contribution >= 0.6 is 0 Å². The lowest BCUT2D eigenvalue weighted by Gasteiger charge is -2.27. The van der Waals surface area contributed by atoms with Crippen LogP contribution < -0.4 is 5.32 Å². The van der Waals surface area contributed by atoms with Gasteiger partial charge in [-0.25, -0.2) is 9.97 Å². The van der Waals surface area contributed by atoms with Gasteiger partial charge in [-0.1, -0.05) is 12.1 Å². The molecule has 23 heavy (non-hydrogen) atoms. The summed E-state index contributed by atoms with van der Waals surface area (Å²) in [6.07, 6.45) is 3.38. The first-order valence-corrected chi connectivity index (χ1v) is 8.11. The summed E-state index contributed by atoms with van der Waals surface area (Å²) in [7, 11) is 0. The number of hydrogen-bond donors (Lipinski definition) is 1. The maximum atomic E-state index is 12.8. The molecular formula is C18H22N4O. The Labute approximate surface area is 136 Å². The third-order valence-electron chi connectivity index (χ3n) is 4.03. The minimum absolute atomic E-state index is 0.0807. The molecule has 0 atom stereocenters. The molecule has 0 bridgehead atoms. The molecule has 1 N–H and O–H groups in total. The van der Waals surface area contributed by atoms with Crippen LogP contribution in [0.1, 0.15) is 41.0 Å². The van der Waals surface area contributed by atoms with Gasteiger partial charge in [-0.05, 0) is 51.3 Å². The summed E-state index contributed by atoms with van der Waals surface area (Å²) in [6.45, 7) is 5.55. The summed E-state index contributed by atoms with van der Waals surface area (Å²) >= 11 is 0. The summed E-state index contributed by atoms with van der Waals surface area (Å²) in [4.78, 5) is 23.5. The third kappa shape index (κ3) is 3.67. The van der Waals surface area contributed by atoms with Crippen molar-refractivity contribution < 1.29 is 4.79 Å². The van der Waals surface area contributed by atoms with E-state index in [1.807, 2.05) is 49.1 Å². The topological polar surface area (TPSA) is 58.1 Å². The molecule has 0 spiro atoms. The third-order valence-corrected chi connectivity index (χ3v) is 4.03. The van der Waals surface area contributed by atoms with Crippen LogP contribution in [0.3, 0.4) is 0 Å². The van der Waals surface area contributed by atoms with Crippen LogP contribution in [-0.4, -0.2) is 33.9 Å². The van der Waals surface area contributed by atoms with Gasteiger partial charge in [-0.2, -0.15) is 0 Å². The van der Waals surface area contributed by atoms with Gasteiger partial charge in [0.2, 0.25) is 5.95 Å². The molecule has 5 nitrogen and oxygen atoms in total. The molecule has 1 amide bonds. The quantitative estimate of drug-likeness (QED) is 0.943. The van der Waals surface area contributed by atoms with Crippen LogP contribution in [0.25, 0.3) is 0 Å². The number of amides is 1. The molecule has 1 aromatic carbocycles. The Hall–Kier alpha value is -2.43. The lowest BCUT2D eigenvalue weighted by Crippen LogP contribution is -2.35. The summed E-state index contributed by atoms with van der Waals surface area (Å²) < 4.78 is 0. The maximum absolute atomic E-state index is 12.8. The van der Waals surface area contributed by atoms with E-state index in [2.05, 4.69) is 15.3 Å². The zero-order valence-corrected chi connectivity index (χ0v) is 13.7. The second kappa shape index (κ2) is 6.77. The van der Waals surface area contributed by atoms with E-state index in [0.717, 1.165) is 43.0 Å². The first-order valence-electron chi connectivity index (χ1n) is 8.11. The van der Waals surface area contributed by atoms with Gasteiger partial charge in [-0.3, -0.25) is 4.79 Å². The van der Waals surface area contributed by atoms with E-state index in [4.69, 9.17) is 0 Å². The van der Waals surface area contributed by atoms with E-state index < -0.39 is 0 Å². The molecule has 1 aromatic heterocycles. The first-order chi connectivity index (χ1) is 11.1. The Morgan fingerprint density at radius 2 is 1.70 bits per heavy atom. The Morgan fingerprint density at radius 3 is 2.39 bits per heavy atom. The van der Waals surface area contributed by atoms with E-state index in [1.54, 1.807) is 0 Å². The molecule has 0 unspecified atom stereocenters. The summed E-state index contributed by atoms with van der Waals surface area (Å²) in [5, 5.41) is 3.20. The molecule has 1 fully saturated rings. The SMILES string of the molecule is Cc1cc(C)nc(Nc2ccccc2C(=O)N2CCCCC2)n1. The number of anilines is 2. The second-order valence-corrected chi connectivity index (χ2v) is 6.00. The first kappa shape index (κ1) is 15.5. The highest BCUT2D eigenvalue weighted by molar-refractivity contribution is 6.00. The molecule has 0 aliphatic carbocycles. The summed E-state index contributed by atoms with van der Waals surface area (Å²) in [6, 6.07) is 9.50. The zero-order valence-electron chi connectivity index (χ0n) is 13.7. The van der Waals surface area contributed by atoms with Crippen molar-refractivity contribution in [3.8, 4) is 0 Å². The van der Waals surface area contributed by atoms with Crippen molar-refractivity contribution >= 4 is 17.5 Å². The molecule has 120 valence electrons. The number of piperidine rings is 1. The number of para-hydroxylation sites is 1. The maximum Gasteiger partial charge on any atom is 0.255 e. The van der Waals surface area contributed by atoms with Crippen LogP contribution in [0.2, 0.25) is 0 Å². The van der Waals surface area contributed by atoms with Crippen molar-refractivity contribution in [2.45, 2.75) is 33.1 Å². The second-order valence-electron chi connectivity index (χ2n) is 6.00. The molecule has 0 saturated carbocycles. The van der Waals surface area contributed by atoms with E-state index in [1.165, 1.54) is 6.42 Å². The number of aryl methyl sites for hydroxylation is 2. The molecule has 5 heteroatoms. The number of rotatable bonds is 3. The Balaban J connectivity index is 1.86. The lowest BCUT2D eigenvalue weighted by atomic mass is 10.1. The van der Waals surface area contributed by atoms with E-state index in [-0.39, 0.29) is 5.91 Å². The minimum atomic E-state index is 0.0807. The van der Waals surface area contributed by atoms with Crippen LogP contribution in [-0.2, 0) is 0 Å². The Bertz CT molecular complexity index is 688. The van der Waals surface area contributed by atoms with Crippen molar-refractivity contribution in [3.05, 3.63) is 47.3 Å². The highest BCUT2D eigenvalue weighted by Crippen LogP contribution is 2.22. The minimum Gasteiger partial charge on any atom is -0.339 e. The van der Waals surface area contributed by atoms with Crippen molar-refractivity contribution in [2.75, 3.05) is 18.4 Å². The largest absolute Gasteiger partial charge is 0.339 e. The van der Waals surface area contributed by atoms with E-state index in [0.29, 0.717) is 11.5 Å². The van der Waals surface area contributed by atoms with Gasteiger partial charge in [0.15, 0.2) is 0 Å². The lowest BCUT2D eigenvalue weighted by molar-refractivity contribution is 0.0725. The summed E-state index contributed by atoms with van der Waals surface area (Å²) in [5.41, 5.74) is 3.24. The highest BCUT2D eigenvalue weighted by Gasteiger charge is 2.20. The number of carbonyl (C=O) groups is 1. The number of aromatic nitrogens is 2. The van der Waals surface area contributed by atoms with Crippen molar-refractivity contribution in [1.29, 1.82) is 0 Å². The fourth-order valence-electron chi connectivity index (χ4n) is 2.95. The predicted molar refractivity (Wildman–Crippen MR) is 91.0 cm³/mol. The zero-order chi connectivity index (χ0) is 16.2. The molecule has 2 heterocycles. The van der Waals surface area contributed by atoms with Gasteiger partial charge in [0.1, 0.15) is 0 Å². The highest BCUT2D eigenvalue weighted by atomic mass is 16.2. The van der Waals surface area contributed by atoms with Crippen LogP contribution in [0.15, 0.2) is 30.3 Å². The molecule has 1 saturated heterocycles. The summed E-state index contributed by atoms with van der Waals surface area (Å²) in [5.74, 6) is 0.610. The molecule has 3 rings (SSSR count). The molecule has 2 aromatic rings. The normalized spacial score (nSPS) is 14.6. The van der Waals surface area contributed by atoms with Crippen LogP contribution in [0, 0.1) is 13.8 Å². The van der Waals surface area contributed by atoms with Crippen molar-refractivity contribution in [2.24, 2.45) is 0 Å². The fraction of sp³-hybridized carbons (Fsp3) is 0.389. The standard InChI is InChI=1S/C18H22N4O/c1-13-12-14(2)20-18(19-13)21-16-9-5-4-8-15(16)17(23)22-10-6-3-7-11-22/h4-5,8-9,12H,3,6-7,10-11H2,1-2H3,(H,19,20,21). The fourth-order valence-corrected chi connectivity index (χ4v) is 2.95. The number of benzene rings is 1. The molecular weight excluding hydrogens is 288 g/mol. The van der Waals surface area contributed by atoms with Gasteiger partial charge < -0.3 is 10.2 Å². The van der Waals surface area contributed by atoms with Gasteiger partial charge in [0.05, 0.1) is 11.3 Å². The number of carbonyl (C=O) groups excluding carboxylic acids is 1. The van der Waals surface area contributed by atoms with Crippen LogP contribution in [0.5, 0.6) is 0 Å². The molecule has 0 radical (unpaired) electrons. The smallest absolute Gasteiger partial charge is 0.255 e. The van der Waals surface area contributed by atoms with Crippen LogP contribution in [0.4, 0.5) is 11.6 Å². The number of likely N-dealkylation sites (tertiary alicyclic amines) is 1. The number of nitrogens with zero attached hydrogens (tertiary/aromatic N) is 3. The Kier molecular flexibility index (Phi) is 4.55. The number of hydrogen-bond acceptors (Lipinski definition) is 4. The number of nitrogens with one attached hydrogen (secondary N) is 1. The average molecular weight is 310 g/mol. The van der Waals surface area contributed by atoms with Gasteiger partial charge in [-0.15, -0.1) is 0 Å². The molecule has 1 aliphatic heterocycles. The Morgan fingerprint density at radius 1 is 1.04 bits per heavy atom. The molecule has 1 aliphatic rings. The van der Waals surface area contributed by atoms with E-state index >= 15 is 0 Å². The van der Waals surface area contributed by atoms with Gasteiger partial charge in [0, 0.05) is 24.5 Å². The van der Waals surface area contributed by atoms with Crippen molar-refractivity contribution in [1.82, 2.24) is 14.9 Å².